The zero-order chi connectivity index (χ0) is 19.8. The van der Waals surface area contributed by atoms with Crippen LogP contribution < -0.4 is 0 Å². The van der Waals surface area contributed by atoms with Gasteiger partial charge in [-0.3, -0.25) is 0 Å². The molecule has 4 nitrogen and oxygen atoms in total. The van der Waals surface area contributed by atoms with Gasteiger partial charge < -0.3 is 8.83 Å². The van der Waals surface area contributed by atoms with Crippen LogP contribution in [0.5, 0.6) is 0 Å². The standard InChI is InChI=1S/C24H18N2O2S/c1-24(2,3)16-11-15(10-14-7-9-29-22(14)16)20-19-18-17(28-23(19)26-12-25-20)5-4-13-6-8-27-21(13)18/h4-12H,1-3H3. The zero-order valence-corrected chi connectivity index (χ0v) is 17.1. The zero-order valence-electron chi connectivity index (χ0n) is 16.3. The summed E-state index contributed by atoms with van der Waals surface area (Å²) in [6.45, 7) is 6.75. The lowest BCUT2D eigenvalue weighted by Gasteiger charge is -2.21. The van der Waals surface area contributed by atoms with E-state index in [0.29, 0.717) is 5.71 Å². The maximum absolute atomic E-state index is 6.05. The van der Waals surface area contributed by atoms with Crippen LogP contribution in [0.15, 0.2) is 63.2 Å². The topological polar surface area (TPSA) is 52.1 Å². The van der Waals surface area contributed by atoms with Gasteiger partial charge in [0.25, 0.3) is 0 Å². The van der Waals surface area contributed by atoms with Crippen molar-refractivity contribution in [2.75, 3.05) is 0 Å². The normalized spacial score (nSPS) is 12.7. The van der Waals surface area contributed by atoms with Crippen LogP contribution in [0.1, 0.15) is 26.3 Å². The smallest absolute Gasteiger partial charge is 0.231 e. The fourth-order valence-corrected chi connectivity index (χ4v) is 5.21. The first-order chi connectivity index (χ1) is 14.0. The number of thiophene rings is 1. The summed E-state index contributed by atoms with van der Waals surface area (Å²) in [5.74, 6) is 0. The maximum atomic E-state index is 6.05. The lowest BCUT2D eigenvalue weighted by molar-refractivity contribution is 0.597. The molecule has 5 heteroatoms. The SMILES string of the molecule is CC(C)(C)c1cc(-c2ncnc3oc4ccc5ccoc5c4c23)cc2ccsc12. The van der Waals surface area contributed by atoms with E-state index in [1.165, 1.54) is 15.6 Å². The van der Waals surface area contributed by atoms with E-state index in [0.717, 1.165) is 38.6 Å². The Kier molecular flexibility index (Phi) is 3.28. The highest BCUT2D eigenvalue weighted by atomic mass is 32.1. The van der Waals surface area contributed by atoms with Gasteiger partial charge in [0.2, 0.25) is 5.71 Å². The molecule has 6 aromatic rings. The summed E-state index contributed by atoms with van der Waals surface area (Å²) in [6.07, 6.45) is 3.29. The van der Waals surface area contributed by atoms with Crippen LogP contribution in [-0.2, 0) is 5.41 Å². The van der Waals surface area contributed by atoms with Crippen LogP contribution in [0.25, 0.3) is 54.4 Å². The van der Waals surface area contributed by atoms with Crippen LogP contribution >= 0.6 is 11.3 Å². The summed E-state index contributed by atoms with van der Waals surface area (Å²) in [6, 6.07) is 12.6. The number of hydrogen-bond acceptors (Lipinski definition) is 5. The third-order valence-corrected chi connectivity index (χ3v) is 6.45. The number of rotatable bonds is 1. The molecule has 0 saturated carbocycles. The highest BCUT2D eigenvalue weighted by Gasteiger charge is 2.22. The molecule has 0 N–H and O–H groups in total. The van der Waals surface area contributed by atoms with Crippen molar-refractivity contribution in [2.24, 2.45) is 0 Å². The number of furan rings is 2. The molecule has 0 aliphatic carbocycles. The second-order valence-electron chi connectivity index (χ2n) is 8.39. The third kappa shape index (κ3) is 2.37. The fourth-order valence-electron chi connectivity index (χ4n) is 4.11. The third-order valence-electron chi connectivity index (χ3n) is 5.49. The van der Waals surface area contributed by atoms with Crippen molar-refractivity contribution in [1.29, 1.82) is 0 Å². The Morgan fingerprint density at radius 1 is 0.931 bits per heavy atom. The lowest BCUT2D eigenvalue weighted by atomic mass is 9.85. The minimum atomic E-state index is 0.0258. The predicted molar refractivity (Wildman–Crippen MR) is 119 cm³/mol. The molecule has 142 valence electrons. The molecule has 0 amide bonds. The molecule has 29 heavy (non-hydrogen) atoms. The van der Waals surface area contributed by atoms with E-state index in [-0.39, 0.29) is 5.41 Å². The largest absolute Gasteiger partial charge is 0.464 e. The average molecular weight is 398 g/mol. The fraction of sp³-hybridized carbons (Fsp3) is 0.167. The Balaban J connectivity index is 1.76. The predicted octanol–water partition coefficient (Wildman–Crippen LogP) is 7.30. The second kappa shape index (κ2) is 5.67. The minimum Gasteiger partial charge on any atom is -0.464 e. The van der Waals surface area contributed by atoms with Gasteiger partial charge in [-0.05, 0) is 58.1 Å². The molecule has 0 aliphatic heterocycles. The molecule has 0 fully saturated rings. The summed E-state index contributed by atoms with van der Waals surface area (Å²) in [4.78, 5) is 9.10. The maximum Gasteiger partial charge on any atom is 0.231 e. The molecule has 0 spiro atoms. The Bertz CT molecular complexity index is 1550. The summed E-state index contributed by atoms with van der Waals surface area (Å²) in [5.41, 5.74) is 5.44. The van der Waals surface area contributed by atoms with Crippen LogP contribution in [0.3, 0.4) is 0 Å². The summed E-state index contributed by atoms with van der Waals surface area (Å²) >= 11 is 1.79. The first-order valence-electron chi connectivity index (χ1n) is 9.56. The van der Waals surface area contributed by atoms with E-state index >= 15 is 0 Å². The van der Waals surface area contributed by atoms with E-state index < -0.39 is 0 Å². The van der Waals surface area contributed by atoms with Crippen molar-refractivity contribution in [3.05, 3.63) is 59.9 Å². The van der Waals surface area contributed by atoms with Gasteiger partial charge >= 0.3 is 0 Å². The van der Waals surface area contributed by atoms with Crippen molar-refractivity contribution >= 4 is 54.5 Å². The number of fused-ring (bicyclic) bond motifs is 6. The van der Waals surface area contributed by atoms with Gasteiger partial charge in [-0.15, -0.1) is 11.3 Å². The molecule has 0 bridgehead atoms. The summed E-state index contributed by atoms with van der Waals surface area (Å²) < 4.78 is 13.2. The van der Waals surface area contributed by atoms with Crippen molar-refractivity contribution < 1.29 is 8.83 Å². The van der Waals surface area contributed by atoms with Gasteiger partial charge in [0.1, 0.15) is 17.5 Å². The first-order valence-corrected chi connectivity index (χ1v) is 10.4. The van der Waals surface area contributed by atoms with Crippen molar-refractivity contribution in [3.8, 4) is 11.3 Å². The van der Waals surface area contributed by atoms with E-state index in [9.17, 15) is 0 Å². The van der Waals surface area contributed by atoms with Crippen LogP contribution in [0.4, 0.5) is 0 Å². The van der Waals surface area contributed by atoms with Gasteiger partial charge in [-0.25, -0.2) is 9.97 Å². The number of nitrogens with zero attached hydrogens (tertiary/aromatic N) is 2. The molecular formula is C24H18N2O2S. The summed E-state index contributed by atoms with van der Waals surface area (Å²) in [7, 11) is 0. The van der Waals surface area contributed by atoms with Crippen LogP contribution in [0.2, 0.25) is 0 Å². The van der Waals surface area contributed by atoms with Crippen LogP contribution in [-0.4, -0.2) is 9.97 Å². The van der Waals surface area contributed by atoms with Gasteiger partial charge in [-0.2, -0.15) is 0 Å². The Hall–Kier alpha value is -3.18. The quantitative estimate of drug-likeness (QED) is 0.291. The molecule has 6 rings (SSSR count). The molecule has 0 aliphatic rings. The monoisotopic (exact) mass is 398 g/mol. The molecule has 4 heterocycles. The molecular weight excluding hydrogens is 380 g/mol. The van der Waals surface area contributed by atoms with E-state index in [4.69, 9.17) is 13.8 Å². The minimum absolute atomic E-state index is 0.0258. The Labute approximate surface area is 170 Å². The molecule has 0 radical (unpaired) electrons. The van der Waals surface area contributed by atoms with Gasteiger partial charge in [0.05, 0.1) is 22.7 Å². The number of benzene rings is 2. The van der Waals surface area contributed by atoms with Gasteiger partial charge in [0, 0.05) is 15.6 Å². The molecule has 0 unspecified atom stereocenters. The second-order valence-corrected chi connectivity index (χ2v) is 9.31. The van der Waals surface area contributed by atoms with Crippen LogP contribution in [0, 0.1) is 0 Å². The lowest BCUT2D eigenvalue weighted by Crippen LogP contribution is -2.11. The molecule has 0 atom stereocenters. The van der Waals surface area contributed by atoms with E-state index in [2.05, 4.69) is 49.3 Å². The number of hydrogen-bond donors (Lipinski definition) is 0. The van der Waals surface area contributed by atoms with Crippen molar-refractivity contribution in [1.82, 2.24) is 9.97 Å². The Morgan fingerprint density at radius 3 is 2.69 bits per heavy atom. The van der Waals surface area contributed by atoms with E-state index in [1.54, 1.807) is 23.9 Å². The van der Waals surface area contributed by atoms with Gasteiger partial charge in [0.15, 0.2) is 0 Å². The molecule has 4 aromatic heterocycles. The summed E-state index contributed by atoms with van der Waals surface area (Å²) in [5, 5.41) is 6.26. The molecule has 0 saturated heterocycles. The van der Waals surface area contributed by atoms with Crippen molar-refractivity contribution in [3.63, 3.8) is 0 Å². The highest BCUT2D eigenvalue weighted by Crippen LogP contribution is 2.41. The Morgan fingerprint density at radius 2 is 1.83 bits per heavy atom. The first kappa shape index (κ1) is 16.7. The number of aromatic nitrogens is 2. The molecule has 2 aromatic carbocycles. The average Bonchev–Trinajstić information content (AvgIpc) is 3.41. The van der Waals surface area contributed by atoms with E-state index in [1.807, 2.05) is 18.2 Å². The highest BCUT2D eigenvalue weighted by molar-refractivity contribution is 7.17. The van der Waals surface area contributed by atoms with Gasteiger partial charge in [-0.1, -0.05) is 20.8 Å². The van der Waals surface area contributed by atoms with Crippen molar-refractivity contribution in [2.45, 2.75) is 26.2 Å².